The molecule has 2 aromatic rings. The van der Waals surface area contributed by atoms with Crippen molar-refractivity contribution in [2.75, 3.05) is 23.0 Å². The van der Waals surface area contributed by atoms with E-state index in [1.807, 2.05) is 22.6 Å². The second-order valence-corrected chi connectivity index (χ2v) is 9.25. The molecular formula is C21H24F3N3OS. The Morgan fingerprint density at radius 1 is 1.17 bits per heavy atom. The standard InChI is InChI=1S/C21H24F3N3OS/c1-20(2,28)16-12-17-14(13-27(25-17)15-6-9-29-10-7-15)11-18(16)26-8-4-3-5-19(26)21(22,23)24/h3-5,11-13,15,28H,6-10H2,1-2H3. The normalized spacial score (nSPS) is 19.1. The lowest BCUT2D eigenvalue weighted by Gasteiger charge is -2.33. The van der Waals surface area contributed by atoms with E-state index in [4.69, 9.17) is 5.10 Å². The van der Waals surface area contributed by atoms with Crippen LogP contribution in [0.5, 0.6) is 0 Å². The second-order valence-electron chi connectivity index (χ2n) is 8.03. The van der Waals surface area contributed by atoms with Gasteiger partial charge in [-0.1, -0.05) is 12.2 Å². The number of benzene rings is 1. The van der Waals surface area contributed by atoms with Crippen molar-refractivity contribution in [1.29, 1.82) is 0 Å². The molecule has 0 atom stereocenters. The first-order valence-electron chi connectivity index (χ1n) is 9.69. The zero-order valence-electron chi connectivity index (χ0n) is 16.4. The molecule has 2 aliphatic rings. The molecule has 2 aliphatic heterocycles. The molecule has 4 nitrogen and oxygen atoms in total. The van der Waals surface area contributed by atoms with Gasteiger partial charge in [0, 0.05) is 29.4 Å². The number of hydrogen-bond acceptors (Lipinski definition) is 4. The molecule has 0 spiro atoms. The van der Waals surface area contributed by atoms with Crippen molar-refractivity contribution < 1.29 is 18.3 Å². The third kappa shape index (κ3) is 4.05. The lowest BCUT2D eigenvalue weighted by molar-refractivity contribution is -0.0934. The van der Waals surface area contributed by atoms with E-state index in [1.54, 1.807) is 32.1 Å². The summed E-state index contributed by atoms with van der Waals surface area (Å²) in [6.07, 6.45) is 3.66. The van der Waals surface area contributed by atoms with Crippen molar-refractivity contribution in [3.05, 3.63) is 47.8 Å². The van der Waals surface area contributed by atoms with Crippen LogP contribution >= 0.6 is 11.8 Å². The zero-order valence-corrected chi connectivity index (χ0v) is 17.2. The number of hydrogen-bond donors (Lipinski definition) is 1. The molecule has 0 aliphatic carbocycles. The van der Waals surface area contributed by atoms with Crippen LogP contribution in [-0.4, -0.2) is 39.1 Å². The highest BCUT2D eigenvalue weighted by Crippen LogP contribution is 2.40. The van der Waals surface area contributed by atoms with Crippen LogP contribution in [0.1, 0.15) is 38.3 Å². The van der Waals surface area contributed by atoms with Gasteiger partial charge in [-0.05, 0) is 56.4 Å². The fourth-order valence-electron chi connectivity index (χ4n) is 3.92. The molecule has 0 saturated carbocycles. The number of aliphatic hydroxyl groups is 1. The third-order valence-electron chi connectivity index (χ3n) is 5.41. The number of nitrogens with zero attached hydrogens (tertiary/aromatic N) is 3. The molecule has 1 saturated heterocycles. The van der Waals surface area contributed by atoms with E-state index in [2.05, 4.69) is 0 Å². The minimum Gasteiger partial charge on any atom is -0.386 e. The molecule has 0 amide bonds. The van der Waals surface area contributed by atoms with Crippen LogP contribution in [0.15, 0.2) is 42.3 Å². The fraction of sp³-hybridized carbons (Fsp3) is 0.476. The number of anilines is 1. The average Bonchev–Trinajstić information content (AvgIpc) is 3.09. The van der Waals surface area contributed by atoms with Crippen LogP contribution in [0.25, 0.3) is 10.9 Å². The zero-order chi connectivity index (χ0) is 20.8. The van der Waals surface area contributed by atoms with Gasteiger partial charge in [-0.25, -0.2) is 0 Å². The summed E-state index contributed by atoms with van der Waals surface area (Å²) < 4.78 is 42.9. The summed E-state index contributed by atoms with van der Waals surface area (Å²) in [5.74, 6) is 2.17. The Morgan fingerprint density at radius 3 is 2.55 bits per heavy atom. The number of fused-ring (bicyclic) bond motifs is 1. The Hall–Kier alpha value is -1.93. The van der Waals surface area contributed by atoms with Crippen molar-refractivity contribution in [2.24, 2.45) is 0 Å². The summed E-state index contributed by atoms with van der Waals surface area (Å²) in [5.41, 5.74) is -0.570. The fourth-order valence-corrected chi connectivity index (χ4v) is 5.00. The van der Waals surface area contributed by atoms with Crippen LogP contribution in [0.2, 0.25) is 0 Å². The topological polar surface area (TPSA) is 41.3 Å². The van der Waals surface area contributed by atoms with E-state index in [0.29, 0.717) is 22.8 Å². The van der Waals surface area contributed by atoms with Crippen molar-refractivity contribution in [3.8, 4) is 0 Å². The molecule has 0 unspecified atom stereocenters. The van der Waals surface area contributed by atoms with Crippen molar-refractivity contribution in [1.82, 2.24) is 9.78 Å². The first kappa shape index (κ1) is 20.3. The molecule has 1 aromatic carbocycles. The van der Waals surface area contributed by atoms with Crippen LogP contribution in [0.3, 0.4) is 0 Å². The SMILES string of the molecule is CC(C)(O)c1cc2nn(C3CCSCC3)cc2cc1N1CC=CC=C1C(F)(F)F. The molecular weight excluding hydrogens is 399 g/mol. The monoisotopic (exact) mass is 423 g/mol. The highest BCUT2D eigenvalue weighted by Gasteiger charge is 2.40. The molecule has 3 heterocycles. The summed E-state index contributed by atoms with van der Waals surface area (Å²) in [6, 6.07) is 3.76. The molecule has 0 bridgehead atoms. The maximum absolute atomic E-state index is 13.6. The van der Waals surface area contributed by atoms with E-state index < -0.39 is 17.5 Å². The maximum atomic E-state index is 13.6. The van der Waals surface area contributed by atoms with Crippen LogP contribution in [0, 0.1) is 0 Å². The second kappa shape index (κ2) is 7.40. The Morgan fingerprint density at radius 2 is 1.90 bits per heavy atom. The van der Waals surface area contributed by atoms with Gasteiger partial charge in [0.2, 0.25) is 0 Å². The van der Waals surface area contributed by atoms with E-state index >= 15 is 0 Å². The maximum Gasteiger partial charge on any atom is 0.431 e. The Balaban J connectivity index is 1.83. The van der Waals surface area contributed by atoms with Gasteiger partial charge in [0.05, 0.1) is 17.2 Å². The summed E-state index contributed by atoms with van der Waals surface area (Å²) >= 11 is 1.93. The predicted octanol–water partition coefficient (Wildman–Crippen LogP) is 5.15. The van der Waals surface area contributed by atoms with Crippen molar-refractivity contribution in [3.63, 3.8) is 0 Å². The Labute approximate surface area is 172 Å². The van der Waals surface area contributed by atoms with Gasteiger partial charge < -0.3 is 10.0 Å². The van der Waals surface area contributed by atoms with Gasteiger partial charge in [0.1, 0.15) is 5.70 Å². The molecule has 4 rings (SSSR count). The van der Waals surface area contributed by atoms with Crippen molar-refractivity contribution >= 4 is 28.4 Å². The Kier molecular flexibility index (Phi) is 5.19. The highest BCUT2D eigenvalue weighted by molar-refractivity contribution is 7.99. The van der Waals surface area contributed by atoms with Gasteiger partial charge in [-0.15, -0.1) is 0 Å². The molecule has 0 radical (unpaired) electrons. The van der Waals surface area contributed by atoms with Crippen LogP contribution < -0.4 is 4.90 Å². The highest BCUT2D eigenvalue weighted by atomic mass is 32.2. The summed E-state index contributed by atoms with van der Waals surface area (Å²) in [4.78, 5) is 1.22. The van der Waals surface area contributed by atoms with Crippen LogP contribution in [0.4, 0.5) is 18.9 Å². The summed E-state index contributed by atoms with van der Waals surface area (Å²) in [5, 5.41) is 16.2. The molecule has 8 heteroatoms. The summed E-state index contributed by atoms with van der Waals surface area (Å²) in [7, 11) is 0. The lowest BCUT2D eigenvalue weighted by atomic mass is 9.94. The first-order chi connectivity index (χ1) is 13.6. The average molecular weight is 424 g/mol. The molecule has 1 aromatic heterocycles. The predicted molar refractivity (Wildman–Crippen MR) is 111 cm³/mol. The minimum absolute atomic E-state index is 0.0912. The largest absolute Gasteiger partial charge is 0.431 e. The molecule has 1 fully saturated rings. The number of alkyl halides is 3. The van der Waals surface area contributed by atoms with E-state index in [9.17, 15) is 18.3 Å². The first-order valence-corrected chi connectivity index (χ1v) is 10.8. The number of aromatic nitrogens is 2. The number of thioether (sulfide) groups is 1. The molecule has 29 heavy (non-hydrogen) atoms. The van der Waals surface area contributed by atoms with Crippen LogP contribution in [-0.2, 0) is 5.60 Å². The van der Waals surface area contributed by atoms with Gasteiger partial charge in [-0.3, -0.25) is 4.68 Å². The van der Waals surface area contributed by atoms with Gasteiger partial charge >= 0.3 is 6.18 Å². The van der Waals surface area contributed by atoms with Gasteiger partial charge in [-0.2, -0.15) is 30.0 Å². The van der Waals surface area contributed by atoms with Gasteiger partial charge in [0.25, 0.3) is 0 Å². The van der Waals surface area contributed by atoms with E-state index in [0.717, 1.165) is 35.8 Å². The van der Waals surface area contributed by atoms with E-state index in [-0.39, 0.29) is 6.54 Å². The third-order valence-corrected chi connectivity index (χ3v) is 6.46. The van der Waals surface area contributed by atoms with Gasteiger partial charge in [0.15, 0.2) is 0 Å². The Bertz CT molecular complexity index is 966. The minimum atomic E-state index is -4.49. The number of halogens is 3. The molecule has 156 valence electrons. The summed E-state index contributed by atoms with van der Waals surface area (Å²) in [6.45, 7) is 3.27. The number of allylic oxidation sites excluding steroid dienone is 3. The molecule has 1 N–H and O–H groups in total. The quantitative estimate of drug-likeness (QED) is 0.741. The smallest absolute Gasteiger partial charge is 0.386 e. The van der Waals surface area contributed by atoms with E-state index in [1.165, 1.54) is 11.0 Å². The number of rotatable bonds is 3. The van der Waals surface area contributed by atoms with Crippen molar-refractivity contribution in [2.45, 2.75) is 44.5 Å². The lowest BCUT2D eigenvalue weighted by Crippen LogP contribution is -2.35.